The van der Waals surface area contributed by atoms with E-state index < -0.39 is 0 Å². The van der Waals surface area contributed by atoms with Crippen LogP contribution >= 0.6 is 0 Å². The molecule has 0 bridgehead atoms. The lowest BCUT2D eigenvalue weighted by molar-refractivity contribution is 0.0793. The van der Waals surface area contributed by atoms with Gasteiger partial charge in [0.25, 0.3) is 5.91 Å². The summed E-state index contributed by atoms with van der Waals surface area (Å²) in [4.78, 5) is 30.1. The first-order valence-corrected chi connectivity index (χ1v) is 8.55. The summed E-state index contributed by atoms with van der Waals surface area (Å²) < 4.78 is 0. The van der Waals surface area contributed by atoms with E-state index in [1.54, 1.807) is 36.7 Å². The number of carbonyl (C=O) groups excluding carboxylic acids is 2. The molecule has 1 saturated heterocycles. The van der Waals surface area contributed by atoms with E-state index in [4.69, 9.17) is 0 Å². The molecule has 1 aromatic carbocycles. The SMILES string of the molecule is O=C(NCCc1cccnc1)Nc1ccc(C(=O)N2CCCC2)cc1. The fraction of sp³-hybridized carbons (Fsp3) is 0.316. The molecule has 1 fully saturated rings. The summed E-state index contributed by atoms with van der Waals surface area (Å²) in [5.41, 5.74) is 2.40. The van der Waals surface area contributed by atoms with Crippen LogP contribution in [0.15, 0.2) is 48.8 Å². The number of aromatic nitrogens is 1. The largest absolute Gasteiger partial charge is 0.339 e. The average molecular weight is 338 g/mol. The number of rotatable bonds is 5. The van der Waals surface area contributed by atoms with Crippen molar-refractivity contribution >= 4 is 17.6 Å². The summed E-state index contributed by atoms with van der Waals surface area (Å²) in [6.45, 7) is 2.19. The van der Waals surface area contributed by atoms with E-state index in [9.17, 15) is 9.59 Å². The first-order chi connectivity index (χ1) is 12.2. The van der Waals surface area contributed by atoms with E-state index in [2.05, 4.69) is 15.6 Å². The smallest absolute Gasteiger partial charge is 0.319 e. The second-order valence-electron chi connectivity index (χ2n) is 6.07. The van der Waals surface area contributed by atoms with Crippen LogP contribution in [0.4, 0.5) is 10.5 Å². The molecule has 1 aliphatic rings. The second-order valence-corrected chi connectivity index (χ2v) is 6.07. The number of anilines is 1. The molecule has 6 heteroatoms. The van der Waals surface area contributed by atoms with Gasteiger partial charge in [-0.15, -0.1) is 0 Å². The Morgan fingerprint density at radius 2 is 1.84 bits per heavy atom. The molecule has 0 atom stereocenters. The number of likely N-dealkylation sites (tertiary alicyclic amines) is 1. The van der Waals surface area contributed by atoms with E-state index in [0.29, 0.717) is 17.8 Å². The maximum Gasteiger partial charge on any atom is 0.319 e. The number of nitrogens with zero attached hydrogens (tertiary/aromatic N) is 2. The number of carbonyl (C=O) groups is 2. The Morgan fingerprint density at radius 3 is 2.52 bits per heavy atom. The van der Waals surface area contributed by atoms with Gasteiger partial charge in [0, 0.05) is 43.3 Å². The summed E-state index contributed by atoms with van der Waals surface area (Å²) in [7, 11) is 0. The average Bonchev–Trinajstić information content (AvgIpc) is 3.17. The van der Waals surface area contributed by atoms with Crippen molar-refractivity contribution in [2.45, 2.75) is 19.3 Å². The van der Waals surface area contributed by atoms with E-state index in [0.717, 1.165) is 37.9 Å². The van der Waals surface area contributed by atoms with Gasteiger partial charge in [-0.2, -0.15) is 0 Å². The van der Waals surface area contributed by atoms with Gasteiger partial charge in [0.05, 0.1) is 0 Å². The number of benzene rings is 1. The Kier molecular flexibility index (Phi) is 5.61. The van der Waals surface area contributed by atoms with Crippen molar-refractivity contribution < 1.29 is 9.59 Å². The Bertz CT molecular complexity index is 710. The van der Waals surface area contributed by atoms with Crippen LogP contribution in [-0.2, 0) is 6.42 Å². The molecular formula is C19H22N4O2. The van der Waals surface area contributed by atoms with E-state index in [1.807, 2.05) is 17.0 Å². The van der Waals surface area contributed by atoms with Crippen LogP contribution in [0.2, 0.25) is 0 Å². The standard InChI is InChI=1S/C19H22N4O2/c24-18(23-12-1-2-13-23)16-5-7-17(8-6-16)22-19(25)21-11-9-15-4-3-10-20-14-15/h3-8,10,14H,1-2,9,11-13H2,(H2,21,22,25). The molecule has 0 aliphatic carbocycles. The first-order valence-electron chi connectivity index (χ1n) is 8.55. The van der Waals surface area contributed by atoms with Crippen LogP contribution in [0.25, 0.3) is 0 Å². The molecule has 2 aromatic rings. The number of hydrogen-bond donors (Lipinski definition) is 2. The van der Waals surface area contributed by atoms with E-state index >= 15 is 0 Å². The molecule has 0 radical (unpaired) electrons. The molecule has 0 saturated carbocycles. The van der Waals surface area contributed by atoms with Gasteiger partial charge in [0.15, 0.2) is 0 Å². The molecule has 2 heterocycles. The highest BCUT2D eigenvalue weighted by molar-refractivity contribution is 5.95. The van der Waals surface area contributed by atoms with Crippen LogP contribution in [-0.4, -0.2) is 41.5 Å². The fourth-order valence-corrected chi connectivity index (χ4v) is 2.84. The predicted molar refractivity (Wildman–Crippen MR) is 96.5 cm³/mol. The molecule has 1 aromatic heterocycles. The van der Waals surface area contributed by atoms with E-state index in [-0.39, 0.29) is 11.9 Å². The molecule has 25 heavy (non-hydrogen) atoms. The van der Waals surface area contributed by atoms with Crippen molar-refractivity contribution in [3.8, 4) is 0 Å². The van der Waals surface area contributed by atoms with Crippen molar-refractivity contribution in [1.82, 2.24) is 15.2 Å². The van der Waals surface area contributed by atoms with Crippen molar-refractivity contribution in [3.63, 3.8) is 0 Å². The third-order valence-corrected chi connectivity index (χ3v) is 4.21. The van der Waals surface area contributed by atoms with Crippen LogP contribution in [0.1, 0.15) is 28.8 Å². The number of amides is 3. The maximum absolute atomic E-state index is 12.3. The molecule has 3 amide bonds. The minimum Gasteiger partial charge on any atom is -0.339 e. The first kappa shape index (κ1) is 17.0. The lowest BCUT2D eigenvalue weighted by atomic mass is 10.2. The van der Waals surface area contributed by atoms with Gasteiger partial charge < -0.3 is 15.5 Å². The molecule has 2 N–H and O–H groups in total. The van der Waals surface area contributed by atoms with Crippen molar-refractivity contribution in [1.29, 1.82) is 0 Å². The highest BCUT2D eigenvalue weighted by Gasteiger charge is 2.19. The molecule has 3 rings (SSSR count). The summed E-state index contributed by atoms with van der Waals surface area (Å²) >= 11 is 0. The van der Waals surface area contributed by atoms with Crippen molar-refractivity contribution in [2.75, 3.05) is 25.0 Å². The quantitative estimate of drug-likeness (QED) is 0.880. The summed E-state index contributed by atoms with van der Waals surface area (Å²) in [5.74, 6) is 0.0602. The molecule has 1 aliphatic heterocycles. The second kappa shape index (κ2) is 8.28. The Morgan fingerprint density at radius 1 is 1.08 bits per heavy atom. The van der Waals surface area contributed by atoms with Crippen molar-refractivity contribution in [3.05, 3.63) is 59.9 Å². The lowest BCUT2D eigenvalue weighted by Gasteiger charge is -2.15. The minimum absolute atomic E-state index is 0.0602. The Balaban J connectivity index is 1.46. The van der Waals surface area contributed by atoms with Gasteiger partial charge in [0.1, 0.15) is 0 Å². The van der Waals surface area contributed by atoms with E-state index in [1.165, 1.54) is 0 Å². The van der Waals surface area contributed by atoms with Crippen LogP contribution in [0.3, 0.4) is 0 Å². The minimum atomic E-state index is -0.262. The third kappa shape index (κ3) is 4.79. The van der Waals surface area contributed by atoms with Gasteiger partial charge >= 0.3 is 6.03 Å². The third-order valence-electron chi connectivity index (χ3n) is 4.21. The molecule has 0 unspecified atom stereocenters. The van der Waals surface area contributed by atoms with Gasteiger partial charge in [-0.1, -0.05) is 6.07 Å². The number of pyridine rings is 1. The fourth-order valence-electron chi connectivity index (χ4n) is 2.84. The van der Waals surface area contributed by atoms with Crippen LogP contribution < -0.4 is 10.6 Å². The zero-order valence-electron chi connectivity index (χ0n) is 14.1. The molecule has 130 valence electrons. The molecule has 6 nitrogen and oxygen atoms in total. The zero-order chi connectivity index (χ0) is 17.5. The Labute approximate surface area is 147 Å². The van der Waals surface area contributed by atoms with Crippen molar-refractivity contribution in [2.24, 2.45) is 0 Å². The van der Waals surface area contributed by atoms with Crippen LogP contribution in [0.5, 0.6) is 0 Å². The lowest BCUT2D eigenvalue weighted by Crippen LogP contribution is -2.30. The number of nitrogens with one attached hydrogen (secondary N) is 2. The highest BCUT2D eigenvalue weighted by Crippen LogP contribution is 2.15. The topological polar surface area (TPSA) is 74.3 Å². The van der Waals surface area contributed by atoms with Gasteiger partial charge in [0.2, 0.25) is 0 Å². The van der Waals surface area contributed by atoms with Gasteiger partial charge in [-0.3, -0.25) is 9.78 Å². The number of urea groups is 1. The molecule has 0 spiro atoms. The number of hydrogen-bond acceptors (Lipinski definition) is 3. The maximum atomic E-state index is 12.3. The summed E-state index contributed by atoms with van der Waals surface area (Å²) in [6, 6.07) is 10.6. The highest BCUT2D eigenvalue weighted by atomic mass is 16.2. The summed E-state index contributed by atoms with van der Waals surface area (Å²) in [6.07, 6.45) is 6.39. The summed E-state index contributed by atoms with van der Waals surface area (Å²) in [5, 5.41) is 5.58. The van der Waals surface area contributed by atoms with Crippen LogP contribution in [0, 0.1) is 0 Å². The predicted octanol–water partition coefficient (Wildman–Crippen LogP) is 2.68. The van der Waals surface area contributed by atoms with Gasteiger partial charge in [-0.05, 0) is 55.2 Å². The normalized spacial score (nSPS) is 13.5. The molecular weight excluding hydrogens is 316 g/mol. The zero-order valence-corrected chi connectivity index (χ0v) is 14.1. The monoisotopic (exact) mass is 338 g/mol. The van der Waals surface area contributed by atoms with Gasteiger partial charge in [-0.25, -0.2) is 4.79 Å². The Hall–Kier alpha value is -2.89.